The molecule has 1 aliphatic heterocycles. The van der Waals surface area contributed by atoms with E-state index >= 15 is 0 Å². The molecule has 1 aromatic carbocycles. The highest BCUT2D eigenvalue weighted by Gasteiger charge is 2.30. The molecule has 3 rings (SSSR count). The smallest absolute Gasteiger partial charge is 0.337 e. The van der Waals surface area contributed by atoms with Crippen molar-refractivity contribution in [2.24, 2.45) is 0 Å². The van der Waals surface area contributed by atoms with E-state index in [-0.39, 0.29) is 5.57 Å². The van der Waals surface area contributed by atoms with Crippen LogP contribution in [0.4, 0.5) is 5.82 Å². The summed E-state index contributed by atoms with van der Waals surface area (Å²) in [4.78, 5) is 13.1. The molecule has 6 nitrogen and oxygen atoms in total. The van der Waals surface area contributed by atoms with Crippen LogP contribution in [0.3, 0.4) is 0 Å². The average Bonchev–Trinajstić information content (AvgIpc) is 3.02. The highest BCUT2D eigenvalue weighted by molar-refractivity contribution is 5.89. The molecule has 0 saturated carbocycles. The van der Waals surface area contributed by atoms with Gasteiger partial charge in [0.05, 0.1) is 11.8 Å². The number of carbonyl (C=O) groups is 1. The van der Waals surface area contributed by atoms with Crippen LogP contribution < -0.4 is 9.64 Å². The minimum absolute atomic E-state index is 0.149. The Morgan fingerprint density at radius 3 is 2.76 bits per heavy atom. The SMILES string of the molecule is O=C(O)C1=CC=CN(c2ccn[nH]2)C1Oc1ccccc1. The molecule has 1 unspecified atom stereocenters. The lowest BCUT2D eigenvalue weighted by atomic mass is 10.1. The van der Waals surface area contributed by atoms with Crippen LogP contribution in [0.1, 0.15) is 0 Å². The van der Waals surface area contributed by atoms with Gasteiger partial charge in [0, 0.05) is 12.3 Å². The normalized spacial score (nSPS) is 17.4. The number of H-pyrrole nitrogens is 1. The third-order valence-electron chi connectivity index (χ3n) is 3.04. The number of allylic oxidation sites excluding steroid dienone is 2. The second kappa shape index (κ2) is 5.54. The number of aliphatic carboxylic acids is 1. The van der Waals surface area contributed by atoms with Gasteiger partial charge in [-0.2, -0.15) is 5.10 Å². The van der Waals surface area contributed by atoms with Crippen molar-refractivity contribution < 1.29 is 14.6 Å². The van der Waals surface area contributed by atoms with Gasteiger partial charge in [0.15, 0.2) is 0 Å². The van der Waals surface area contributed by atoms with E-state index < -0.39 is 12.2 Å². The number of aromatic nitrogens is 2. The Balaban J connectivity index is 1.95. The second-order valence-corrected chi connectivity index (χ2v) is 4.40. The quantitative estimate of drug-likeness (QED) is 0.899. The molecule has 6 heteroatoms. The van der Waals surface area contributed by atoms with Crippen molar-refractivity contribution in [3.63, 3.8) is 0 Å². The minimum Gasteiger partial charge on any atom is -0.478 e. The summed E-state index contributed by atoms with van der Waals surface area (Å²) in [5, 5.41) is 16.1. The van der Waals surface area contributed by atoms with E-state index in [1.165, 1.54) is 6.08 Å². The fourth-order valence-electron chi connectivity index (χ4n) is 2.07. The topological polar surface area (TPSA) is 78.5 Å². The molecule has 106 valence electrons. The van der Waals surface area contributed by atoms with Crippen molar-refractivity contribution in [1.82, 2.24) is 10.2 Å². The number of anilines is 1. The first-order chi connectivity index (χ1) is 10.3. The highest BCUT2D eigenvalue weighted by atomic mass is 16.5. The molecule has 1 atom stereocenters. The number of carboxylic acid groups (broad SMARTS) is 1. The largest absolute Gasteiger partial charge is 0.478 e. The maximum atomic E-state index is 11.4. The van der Waals surface area contributed by atoms with Crippen LogP contribution in [0.2, 0.25) is 0 Å². The standard InChI is InChI=1S/C15H13N3O3/c19-15(20)12-7-4-10-18(13-8-9-16-17-13)14(12)21-11-5-2-1-3-6-11/h1-10,14H,(H,16,17)(H,19,20). The Morgan fingerprint density at radius 1 is 1.29 bits per heavy atom. The summed E-state index contributed by atoms with van der Waals surface area (Å²) in [6.45, 7) is 0. The zero-order valence-electron chi connectivity index (χ0n) is 11.0. The molecule has 2 heterocycles. The van der Waals surface area contributed by atoms with Gasteiger partial charge in [-0.15, -0.1) is 0 Å². The van der Waals surface area contributed by atoms with Crippen LogP contribution in [0, 0.1) is 0 Å². The molecule has 0 aliphatic carbocycles. The van der Waals surface area contributed by atoms with Gasteiger partial charge in [-0.25, -0.2) is 4.79 Å². The van der Waals surface area contributed by atoms with Crippen LogP contribution in [-0.4, -0.2) is 27.5 Å². The summed E-state index contributed by atoms with van der Waals surface area (Å²) in [6, 6.07) is 10.8. The Labute approximate surface area is 121 Å². The Bertz CT molecular complexity index is 677. The van der Waals surface area contributed by atoms with E-state index in [0.717, 1.165) is 0 Å². The van der Waals surface area contributed by atoms with E-state index in [2.05, 4.69) is 10.2 Å². The number of ether oxygens (including phenoxy) is 1. The number of hydrogen-bond acceptors (Lipinski definition) is 4. The molecule has 1 aliphatic rings. The van der Waals surface area contributed by atoms with Crippen LogP contribution in [0.25, 0.3) is 0 Å². The molecule has 0 spiro atoms. The molecule has 0 fully saturated rings. The van der Waals surface area contributed by atoms with Gasteiger partial charge < -0.3 is 9.84 Å². The maximum absolute atomic E-state index is 11.4. The molecule has 0 bridgehead atoms. The minimum atomic E-state index is -1.02. The fraction of sp³-hybridized carbons (Fsp3) is 0.0667. The van der Waals surface area contributed by atoms with Gasteiger partial charge in [-0.3, -0.25) is 10.00 Å². The fourth-order valence-corrected chi connectivity index (χ4v) is 2.07. The Hall–Kier alpha value is -3.02. The van der Waals surface area contributed by atoms with Gasteiger partial charge in [0.1, 0.15) is 11.6 Å². The first kappa shape index (κ1) is 13.0. The van der Waals surface area contributed by atoms with Crippen molar-refractivity contribution in [3.05, 3.63) is 66.5 Å². The number of nitrogens with one attached hydrogen (secondary N) is 1. The third kappa shape index (κ3) is 2.64. The molecule has 0 amide bonds. The predicted octanol–water partition coefficient (Wildman–Crippen LogP) is 2.16. The van der Waals surface area contributed by atoms with Gasteiger partial charge in [0.25, 0.3) is 0 Å². The second-order valence-electron chi connectivity index (χ2n) is 4.40. The van der Waals surface area contributed by atoms with Crippen LogP contribution in [0.15, 0.2) is 66.5 Å². The number of hydrogen-bond donors (Lipinski definition) is 2. The number of benzene rings is 1. The van der Waals surface area contributed by atoms with E-state index in [9.17, 15) is 9.90 Å². The molecule has 21 heavy (non-hydrogen) atoms. The van der Waals surface area contributed by atoms with Gasteiger partial charge >= 0.3 is 5.97 Å². The monoisotopic (exact) mass is 283 g/mol. The number of carboxylic acids is 1. The molecule has 2 N–H and O–H groups in total. The summed E-state index contributed by atoms with van der Waals surface area (Å²) in [7, 11) is 0. The van der Waals surface area contributed by atoms with Gasteiger partial charge in [-0.1, -0.05) is 18.2 Å². The first-order valence-electron chi connectivity index (χ1n) is 6.37. The molecular weight excluding hydrogens is 270 g/mol. The number of rotatable bonds is 4. The Kier molecular flexibility index (Phi) is 3.42. The van der Waals surface area contributed by atoms with Crippen molar-refractivity contribution in [1.29, 1.82) is 0 Å². The average molecular weight is 283 g/mol. The number of nitrogens with zero attached hydrogens (tertiary/aromatic N) is 2. The number of aromatic amines is 1. The van der Waals surface area contributed by atoms with Crippen LogP contribution >= 0.6 is 0 Å². The van der Waals surface area contributed by atoms with E-state index in [1.54, 1.807) is 41.6 Å². The third-order valence-corrected chi connectivity index (χ3v) is 3.04. The van der Waals surface area contributed by atoms with Gasteiger partial charge in [-0.05, 0) is 24.3 Å². The lowest BCUT2D eigenvalue weighted by molar-refractivity contribution is -0.133. The lowest BCUT2D eigenvalue weighted by Crippen LogP contribution is -2.41. The maximum Gasteiger partial charge on any atom is 0.337 e. The van der Waals surface area contributed by atoms with E-state index in [0.29, 0.717) is 11.6 Å². The predicted molar refractivity (Wildman–Crippen MR) is 76.8 cm³/mol. The highest BCUT2D eigenvalue weighted by Crippen LogP contribution is 2.25. The van der Waals surface area contributed by atoms with E-state index in [1.807, 2.05) is 18.2 Å². The Morgan fingerprint density at radius 2 is 2.10 bits per heavy atom. The van der Waals surface area contributed by atoms with Crippen molar-refractivity contribution in [2.75, 3.05) is 4.90 Å². The molecule has 0 saturated heterocycles. The van der Waals surface area contributed by atoms with Crippen LogP contribution in [0.5, 0.6) is 5.75 Å². The summed E-state index contributed by atoms with van der Waals surface area (Å²) < 4.78 is 5.84. The molecular formula is C15H13N3O3. The number of para-hydroxylation sites is 1. The zero-order chi connectivity index (χ0) is 14.7. The molecule has 1 aromatic heterocycles. The summed E-state index contributed by atoms with van der Waals surface area (Å²) in [5.41, 5.74) is 0.149. The summed E-state index contributed by atoms with van der Waals surface area (Å²) >= 11 is 0. The van der Waals surface area contributed by atoms with Crippen molar-refractivity contribution >= 4 is 11.8 Å². The van der Waals surface area contributed by atoms with Crippen molar-refractivity contribution in [3.8, 4) is 5.75 Å². The summed E-state index contributed by atoms with van der Waals surface area (Å²) in [5.74, 6) is 0.221. The van der Waals surface area contributed by atoms with E-state index in [4.69, 9.17) is 4.74 Å². The zero-order valence-corrected chi connectivity index (χ0v) is 11.0. The molecule has 0 radical (unpaired) electrons. The lowest BCUT2D eigenvalue weighted by Gasteiger charge is -2.31. The van der Waals surface area contributed by atoms with Crippen molar-refractivity contribution in [2.45, 2.75) is 6.23 Å². The summed E-state index contributed by atoms with van der Waals surface area (Å²) in [6.07, 6.45) is 5.77. The van der Waals surface area contributed by atoms with Crippen LogP contribution in [-0.2, 0) is 4.79 Å². The van der Waals surface area contributed by atoms with Gasteiger partial charge in [0.2, 0.25) is 6.23 Å². The first-order valence-corrected chi connectivity index (χ1v) is 6.37. The molecule has 2 aromatic rings.